The van der Waals surface area contributed by atoms with E-state index in [0.29, 0.717) is 34.4 Å². The zero-order valence-electron chi connectivity index (χ0n) is 31.5. The van der Waals surface area contributed by atoms with Gasteiger partial charge in [-0.3, -0.25) is 33.3 Å². The Balaban J connectivity index is 0.820. The third-order valence-electron chi connectivity index (χ3n) is 12.3. The Morgan fingerprint density at radius 3 is 2.39 bits per heavy atom. The first-order valence-corrected chi connectivity index (χ1v) is 19.7. The first-order valence-electron chi connectivity index (χ1n) is 19.7. The molecular formula is C41H46N8O7. The van der Waals surface area contributed by atoms with Crippen LogP contribution in [0.4, 0.5) is 11.4 Å². The minimum Gasteiger partial charge on any atom is -0.496 e. The molecule has 5 heterocycles. The minimum atomic E-state index is -0.975. The number of amides is 3. The summed E-state index contributed by atoms with van der Waals surface area (Å²) in [6.45, 7) is 4.30. The number of piperidine rings is 1. The quantitative estimate of drug-likeness (QED) is 0.201. The van der Waals surface area contributed by atoms with E-state index in [1.165, 1.54) is 17.7 Å². The van der Waals surface area contributed by atoms with Gasteiger partial charge in [-0.1, -0.05) is 6.07 Å². The molecule has 56 heavy (non-hydrogen) atoms. The number of anilines is 2. The fraction of sp³-hybridized carbons (Fsp3) is 0.463. The number of pyridine rings is 1. The normalized spacial score (nSPS) is 22.3. The van der Waals surface area contributed by atoms with E-state index in [1.807, 2.05) is 23.0 Å². The first kappa shape index (κ1) is 36.0. The standard InChI is InChI=1S/C41H46N8O7/c1-55-35-23-30-26(22-29(35)38(42)51)24-47(43-30)28-9-7-25(8-10-28)15-17-44-18-20-45(21-19-44)31-4-2-5-32-37(31)56-41(54)48(32)34-13-14-36(50)49(40(34)53)33-6-3-16-46(39(33)52)27-11-12-27/h2-6,16,22-25,27-28,34H,7-15,17-21H2,1H3,(H2,42,51). The van der Waals surface area contributed by atoms with Gasteiger partial charge in [-0.25, -0.2) is 9.69 Å². The van der Waals surface area contributed by atoms with Crippen LogP contribution in [0.3, 0.4) is 0 Å². The van der Waals surface area contributed by atoms with Crippen LogP contribution in [0.1, 0.15) is 86.3 Å². The molecule has 9 rings (SSSR count). The number of hydrogen-bond donors (Lipinski definition) is 1. The number of benzene rings is 2. The Hall–Kier alpha value is -5.70. The van der Waals surface area contributed by atoms with Gasteiger partial charge in [0.15, 0.2) is 5.58 Å². The van der Waals surface area contributed by atoms with E-state index in [0.717, 1.165) is 99.2 Å². The number of ether oxygens (including phenoxy) is 1. The molecule has 2 saturated heterocycles. The number of oxazole rings is 1. The summed E-state index contributed by atoms with van der Waals surface area (Å²) < 4.78 is 16.2. The third kappa shape index (κ3) is 6.46. The predicted octanol–water partition coefficient (Wildman–Crippen LogP) is 4.39. The van der Waals surface area contributed by atoms with E-state index < -0.39 is 29.5 Å². The molecule has 2 aliphatic heterocycles. The van der Waals surface area contributed by atoms with Crippen LogP contribution in [0, 0.1) is 5.92 Å². The Bertz CT molecular complexity index is 2460. The van der Waals surface area contributed by atoms with Gasteiger partial charge in [0.2, 0.25) is 5.91 Å². The highest BCUT2D eigenvalue weighted by Gasteiger charge is 2.40. The Morgan fingerprint density at radius 2 is 1.66 bits per heavy atom. The molecule has 292 valence electrons. The van der Waals surface area contributed by atoms with Crippen LogP contribution in [0.5, 0.6) is 5.75 Å². The average Bonchev–Trinajstić information content (AvgIpc) is 3.88. The lowest BCUT2D eigenvalue weighted by Gasteiger charge is -2.37. The lowest BCUT2D eigenvalue weighted by atomic mass is 9.84. The maximum Gasteiger partial charge on any atom is 0.420 e. The zero-order valence-corrected chi connectivity index (χ0v) is 31.5. The number of imide groups is 1. The van der Waals surface area contributed by atoms with Crippen LogP contribution in [-0.2, 0) is 9.59 Å². The zero-order chi connectivity index (χ0) is 38.7. The van der Waals surface area contributed by atoms with Gasteiger partial charge in [0.25, 0.3) is 17.4 Å². The number of fused-ring (bicyclic) bond motifs is 2. The number of carbonyl (C=O) groups is 3. The van der Waals surface area contributed by atoms with Crippen LogP contribution < -0.4 is 31.6 Å². The summed E-state index contributed by atoms with van der Waals surface area (Å²) in [4.78, 5) is 71.4. The van der Waals surface area contributed by atoms with E-state index in [2.05, 4.69) is 9.80 Å². The number of nitrogens with two attached hydrogens (primary N) is 1. The summed E-state index contributed by atoms with van der Waals surface area (Å²) in [7, 11) is 1.52. The SMILES string of the molecule is COc1cc2nn(C3CCC(CCN4CCN(c5cccc6c5oc(=O)n6C5CCC(=O)N(c6cccn(C7CC7)c6=O)C5=O)CC4)CC3)cc2cc1C(N)=O. The van der Waals surface area contributed by atoms with Crippen molar-refractivity contribution in [3.63, 3.8) is 0 Å². The van der Waals surface area contributed by atoms with Crippen LogP contribution in [0.25, 0.3) is 22.0 Å². The maximum absolute atomic E-state index is 14.0. The van der Waals surface area contributed by atoms with Gasteiger partial charge in [0, 0.05) is 62.5 Å². The number of methoxy groups -OCH3 is 1. The van der Waals surface area contributed by atoms with Crippen molar-refractivity contribution in [2.45, 2.75) is 75.9 Å². The largest absolute Gasteiger partial charge is 0.496 e. The minimum absolute atomic E-state index is 0.0222. The second-order valence-electron chi connectivity index (χ2n) is 15.7. The number of carbonyl (C=O) groups excluding carboxylic acids is 3. The summed E-state index contributed by atoms with van der Waals surface area (Å²) in [6.07, 6.45) is 11.1. The van der Waals surface area contributed by atoms with Gasteiger partial charge >= 0.3 is 5.76 Å². The molecule has 2 aromatic carbocycles. The average molecular weight is 763 g/mol. The monoisotopic (exact) mass is 762 g/mol. The second-order valence-corrected chi connectivity index (χ2v) is 15.7. The molecule has 2 saturated carbocycles. The molecule has 4 aliphatic rings. The molecule has 0 spiro atoms. The number of piperazine rings is 1. The van der Waals surface area contributed by atoms with Crippen LogP contribution in [0.2, 0.25) is 0 Å². The molecular weight excluding hydrogens is 716 g/mol. The molecule has 15 nitrogen and oxygen atoms in total. The number of aromatic nitrogens is 4. The highest BCUT2D eigenvalue weighted by Crippen LogP contribution is 2.37. The van der Waals surface area contributed by atoms with Gasteiger partial charge in [0.05, 0.1) is 35.4 Å². The highest BCUT2D eigenvalue weighted by atomic mass is 16.5. The Kier molecular flexibility index (Phi) is 9.26. The van der Waals surface area contributed by atoms with E-state index >= 15 is 0 Å². The Labute approximate surface area is 322 Å². The fourth-order valence-electron chi connectivity index (χ4n) is 9.05. The first-order chi connectivity index (χ1) is 27.2. The summed E-state index contributed by atoms with van der Waals surface area (Å²) in [5.74, 6) is -1.14. The van der Waals surface area contributed by atoms with Gasteiger partial charge in [-0.05, 0) is 94.2 Å². The topological polar surface area (TPSA) is 171 Å². The van der Waals surface area contributed by atoms with E-state index in [4.69, 9.17) is 20.0 Å². The second kappa shape index (κ2) is 14.4. The number of hydrogen-bond acceptors (Lipinski definition) is 10. The van der Waals surface area contributed by atoms with Gasteiger partial charge in [-0.2, -0.15) is 5.10 Å². The predicted molar refractivity (Wildman–Crippen MR) is 209 cm³/mol. The number of primary amides is 1. The lowest BCUT2D eigenvalue weighted by molar-refractivity contribution is -0.131. The molecule has 15 heteroatoms. The van der Waals surface area contributed by atoms with E-state index in [9.17, 15) is 24.0 Å². The molecule has 3 aromatic heterocycles. The summed E-state index contributed by atoms with van der Waals surface area (Å²) in [5, 5.41) is 5.69. The molecule has 2 N–H and O–H groups in total. The van der Waals surface area contributed by atoms with E-state index in [-0.39, 0.29) is 30.1 Å². The van der Waals surface area contributed by atoms with Crippen LogP contribution >= 0.6 is 0 Å². The molecule has 0 bridgehead atoms. The van der Waals surface area contributed by atoms with Crippen molar-refractivity contribution >= 4 is 51.1 Å². The molecule has 3 amide bonds. The maximum atomic E-state index is 14.0. The molecule has 0 radical (unpaired) electrons. The molecule has 1 atom stereocenters. The Morgan fingerprint density at radius 1 is 0.911 bits per heavy atom. The van der Waals surface area contributed by atoms with Crippen molar-refractivity contribution in [2.75, 3.05) is 49.6 Å². The van der Waals surface area contributed by atoms with Gasteiger partial charge in [-0.15, -0.1) is 0 Å². The van der Waals surface area contributed by atoms with Crippen LogP contribution in [-0.4, -0.2) is 81.4 Å². The van der Waals surface area contributed by atoms with Crippen molar-refractivity contribution < 1.29 is 23.5 Å². The molecule has 4 fully saturated rings. The number of rotatable bonds is 10. The summed E-state index contributed by atoms with van der Waals surface area (Å²) in [6, 6.07) is 11.7. The van der Waals surface area contributed by atoms with Crippen molar-refractivity contribution in [2.24, 2.45) is 11.7 Å². The number of nitrogens with zero attached hydrogens (tertiary/aromatic N) is 7. The highest BCUT2D eigenvalue weighted by molar-refractivity contribution is 6.18. The summed E-state index contributed by atoms with van der Waals surface area (Å²) >= 11 is 0. The van der Waals surface area contributed by atoms with Gasteiger partial charge < -0.3 is 24.4 Å². The lowest BCUT2D eigenvalue weighted by Crippen LogP contribution is -2.49. The summed E-state index contributed by atoms with van der Waals surface area (Å²) in [5.41, 5.74) is 8.08. The van der Waals surface area contributed by atoms with Crippen molar-refractivity contribution in [1.29, 1.82) is 0 Å². The molecule has 1 unspecified atom stereocenters. The molecule has 5 aromatic rings. The van der Waals surface area contributed by atoms with Crippen molar-refractivity contribution in [1.82, 2.24) is 23.8 Å². The van der Waals surface area contributed by atoms with Crippen LogP contribution in [0.15, 0.2) is 68.9 Å². The third-order valence-corrected chi connectivity index (χ3v) is 12.3. The van der Waals surface area contributed by atoms with Gasteiger partial charge in [0.1, 0.15) is 17.5 Å². The smallest absolute Gasteiger partial charge is 0.420 e. The van der Waals surface area contributed by atoms with Crippen molar-refractivity contribution in [3.05, 3.63) is 81.3 Å². The fourth-order valence-corrected chi connectivity index (χ4v) is 9.05. The van der Waals surface area contributed by atoms with Crippen molar-refractivity contribution in [3.8, 4) is 5.75 Å². The molecule has 2 aliphatic carbocycles. The van der Waals surface area contributed by atoms with E-state index in [1.54, 1.807) is 35.0 Å². The number of para-hydroxylation sites is 1.